The van der Waals surface area contributed by atoms with Crippen molar-refractivity contribution < 1.29 is 9.53 Å². The second-order valence-electron chi connectivity index (χ2n) is 4.66. The van der Waals surface area contributed by atoms with Crippen molar-refractivity contribution in [3.05, 3.63) is 0 Å². The van der Waals surface area contributed by atoms with Gasteiger partial charge in [0.05, 0.1) is 13.1 Å². The molecule has 1 rings (SSSR count). The number of ether oxygens (including phenoxy) is 1. The van der Waals surface area contributed by atoms with Gasteiger partial charge >= 0.3 is 6.03 Å². The van der Waals surface area contributed by atoms with Crippen molar-refractivity contribution in [3.8, 4) is 0 Å². The normalized spacial score (nSPS) is 15.6. The average Bonchev–Trinajstić information content (AvgIpc) is 2.37. The molecule has 0 aromatic rings. The predicted molar refractivity (Wildman–Crippen MR) is 81.6 cm³/mol. The monoisotopic (exact) mass is 275 g/mol. The number of urea groups is 1. The summed E-state index contributed by atoms with van der Waals surface area (Å²) in [6, 6.07) is 0.0569. The highest BCUT2D eigenvalue weighted by Crippen LogP contribution is 2.25. The van der Waals surface area contributed by atoms with Gasteiger partial charge in [-0.25, -0.2) is 4.79 Å². The Kier molecular flexibility index (Phi) is 10.8. The minimum absolute atomic E-state index is 0.0569. The maximum atomic E-state index is 11.6. The number of hydrogen-bond acceptors (Lipinski definition) is 3. The lowest BCUT2D eigenvalue weighted by Crippen LogP contribution is -2.69. The van der Waals surface area contributed by atoms with Gasteiger partial charge in [0.15, 0.2) is 0 Å². The van der Waals surface area contributed by atoms with Crippen LogP contribution in [0.25, 0.3) is 0 Å². The summed E-state index contributed by atoms with van der Waals surface area (Å²) in [5.41, 5.74) is -0.171. The first-order valence-corrected chi connectivity index (χ1v) is 7.06. The summed E-state index contributed by atoms with van der Waals surface area (Å²) in [6.45, 7) is 10.2. The minimum Gasteiger partial charge on any atom is -0.373 e. The Morgan fingerprint density at radius 1 is 1.11 bits per heavy atom. The molecule has 0 bridgehead atoms. The number of amides is 2. The zero-order valence-corrected chi connectivity index (χ0v) is 14.3. The highest BCUT2D eigenvalue weighted by molar-refractivity contribution is 5.75. The van der Waals surface area contributed by atoms with E-state index in [1.807, 2.05) is 41.8 Å². The third kappa shape index (κ3) is 6.25. The van der Waals surface area contributed by atoms with Gasteiger partial charge in [-0.15, -0.1) is 0 Å². The molecule has 116 valence electrons. The highest BCUT2D eigenvalue weighted by Gasteiger charge is 2.46. The van der Waals surface area contributed by atoms with Gasteiger partial charge in [0.25, 0.3) is 0 Å². The van der Waals surface area contributed by atoms with Gasteiger partial charge in [0.1, 0.15) is 5.60 Å². The molecular formula is C14H33N3O2. The molecule has 0 radical (unpaired) electrons. The Morgan fingerprint density at radius 3 is 1.79 bits per heavy atom. The van der Waals surface area contributed by atoms with Gasteiger partial charge in [-0.1, -0.05) is 27.7 Å². The van der Waals surface area contributed by atoms with E-state index in [1.54, 1.807) is 31.0 Å². The molecule has 0 atom stereocenters. The zero-order chi connectivity index (χ0) is 15.6. The molecule has 0 unspecified atom stereocenters. The summed E-state index contributed by atoms with van der Waals surface area (Å²) < 4.78 is 5.49. The number of methoxy groups -OCH3 is 1. The van der Waals surface area contributed by atoms with Crippen LogP contribution in [0.1, 0.15) is 27.7 Å². The summed E-state index contributed by atoms with van der Waals surface area (Å²) in [7, 11) is 9.26. The number of carbonyl (C=O) groups is 1. The Balaban J connectivity index is 0. The van der Waals surface area contributed by atoms with Crippen LogP contribution in [0.5, 0.6) is 0 Å². The first-order valence-electron chi connectivity index (χ1n) is 7.06. The van der Waals surface area contributed by atoms with Gasteiger partial charge in [0, 0.05) is 27.7 Å². The second-order valence-corrected chi connectivity index (χ2v) is 4.66. The summed E-state index contributed by atoms with van der Waals surface area (Å²) in [5, 5.41) is 0. The van der Waals surface area contributed by atoms with Crippen LogP contribution in [0.4, 0.5) is 4.79 Å². The topological polar surface area (TPSA) is 36.0 Å². The number of hydrogen-bond donors (Lipinski definition) is 0. The van der Waals surface area contributed by atoms with E-state index in [1.165, 1.54) is 0 Å². The number of nitrogens with zero attached hydrogens (tertiary/aromatic N) is 3. The summed E-state index contributed by atoms with van der Waals surface area (Å²) in [5.74, 6) is 0. The quantitative estimate of drug-likeness (QED) is 0.790. The smallest absolute Gasteiger partial charge is 0.319 e. The fourth-order valence-electron chi connectivity index (χ4n) is 1.94. The van der Waals surface area contributed by atoms with Crippen molar-refractivity contribution in [2.24, 2.45) is 0 Å². The molecule has 0 spiro atoms. The average molecular weight is 275 g/mol. The minimum atomic E-state index is -0.171. The van der Waals surface area contributed by atoms with Crippen molar-refractivity contribution in [1.29, 1.82) is 0 Å². The number of likely N-dealkylation sites (tertiary alicyclic amines) is 1. The molecule has 0 saturated carbocycles. The van der Waals surface area contributed by atoms with E-state index in [0.29, 0.717) is 13.1 Å². The molecule has 0 aromatic heterocycles. The Morgan fingerprint density at radius 2 is 1.53 bits per heavy atom. The molecule has 1 aliphatic rings. The van der Waals surface area contributed by atoms with Gasteiger partial charge in [-0.3, -0.25) is 0 Å². The molecule has 1 fully saturated rings. The van der Waals surface area contributed by atoms with Crippen molar-refractivity contribution in [3.63, 3.8) is 0 Å². The molecule has 1 heterocycles. The second kappa shape index (κ2) is 10.0. The molecule has 5 nitrogen and oxygen atoms in total. The van der Waals surface area contributed by atoms with E-state index in [0.717, 1.165) is 6.54 Å². The van der Waals surface area contributed by atoms with E-state index in [9.17, 15) is 4.79 Å². The van der Waals surface area contributed by atoms with Crippen LogP contribution in [0.2, 0.25) is 0 Å². The molecule has 19 heavy (non-hydrogen) atoms. The van der Waals surface area contributed by atoms with Crippen molar-refractivity contribution in [2.45, 2.75) is 33.3 Å². The van der Waals surface area contributed by atoms with E-state index in [2.05, 4.69) is 4.90 Å². The Hall–Kier alpha value is -0.810. The van der Waals surface area contributed by atoms with Crippen LogP contribution in [0.15, 0.2) is 0 Å². The van der Waals surface area contributed by atoms with Crippen LogP contribution in [0.3, 0.4) is 0 Å². The van der Waals surface area contributed by atoms with Crippen molar-refractivity contribution in [1.82, 2.24) is 14.7 Å². The fourth-order valence-corrected chi connectivity index (χ4v) is 1.94. The van der Waals surface area contributed by atoms with Gasteiger partial charge in [-0.2, -0.15) is 0 Å². The maximum absolute atomic E-state index is 11.6. The Labute approximate surface area is 119 Å². The van der Waals surface area contributed by atoms with Crippen molar-refractivity contribution in [2.75, 3.05) is 54.9 Å². The Bertz CT molecular complexity index is 237. The lowest BCUT2D eigenvalue weighted by molar-refractivity contribution is -0.118. The van der Waals surface area contributed by atoms with E-state index < -0.39 is 0 Å². The molecule has 1 aliphatic heterocycles. The van der Waals surface area contributed by atoms with Gasteiger partial charge < -0.3 is 19.4 Å². The zero-order valence-electron chi connectivity index (χ0n) is 14.3. The van der Waals surface area contributed by atoms with Gasteiger partial charge in [-0.05, 0) is 14.1 Å². The van der Waals surface area contributed by atoms with Crippen molar-refractivity contribution >= 4 is 6.03 Å². The third-order valence-corrected chi connectivity index (χ3v) is 2.65. The molecule has 1 saturated heterocycles. The maximum Gasteiger partial charge on any atom is 0.319 e. The van der Waals surface area contributed by atoms with Crippen LogP contribution < -0.4 is 0 Å². The third-order valence-electron chi connectivity index (χ3n) is 2.65. The van der Waals surface area contributed by atoms with E-state index >= 15 is 0 Å². The largest absolute Gasteiger partial charge is 0.373 e. The summed E-state index contributed by atoms with van der Waals surface area (Å²) in [6.07, 6.45) is 0. The van der Waals surface area contributed by atoms with Crippen LogP contribution in [-0.2, 0) is 4.74 Å². The number of carbonyl (C=O) groups excluding carboxylic acids is 1. The lowest BCUT2D eigenvalue weighted by atomic mass is 9.93. The van der Waals surface area contributed by atoms with Crippen LogP contribution in [0, 0.1) is 0 Å². The fraction of sp³-hybridized carbons (Fsp3) is 0.929. The molecule has 0 N–H and O–H groups in total. The lowest BCUT2D eigenvalue weighted by Gasteiger charge is -2.50. The van der Waals surface area contributed by atoms with Gasteiger partial charge in [0.2, 0.25) is 0 Å². The molecule has 2 amide bonds. The molecule has 0 aromatic carbocycles. The number of rotatable bonds is 3. The molecule has 5 heteroatoms. The summed E-state index contributed by atoms with van der Waals surface area (Å²) >= 11 is 0. The van der Waals surface area contributed by atoms with E-state index in [-0.39, 0.29) is 11.6 Å². The standard InChI is InChI=1S/C10H21N3O2.2C2H6/c1-11(2)6-10(15-5)7-13(8-10)9(14)12(3)4;2*1-2/h6-8H2,1-5H3;2*1-2H3. The van der Waals surface area contributed by atoms with Crippen LogP contribution >= 0.6 is 0 Å². The summed E-state index contributed by atoms with van der Waals surface area (Å²) in [4.78, 5) is 17.1. The molecule has 0 aliphatic carbocycles. The molecular weight excluding hydrogens is 242 g/mol. The van der Waals surface area contributed by atoms with Crippen LogP contribution in [-0.4, -0.2) is 81.3 Å². The van der Waals surface area contributed by atoms with E-state index in [4.69, 9.17) is 4.74 Å². The predicted octanol–water partition coefficient (Wildman–Crippen LogP) is 1.98. The first kappa shape index (κ1) is 20.5. The highest BCUT2D eigenvalue weighted by atomic mass is 16.5. The number of likely N-dealkylation sites (N-methyl/N-ethyl adjacent to an activating group) is 1. The SMILES string of the molecule is CC.CC.COC1(CN(C)C)CN(C(=O)N(C)C)C1. The first-order chi connectivity index (χ1) is 8.90.